The highest BCUT2D eigenvalue weighted by atomic mass is 35.5. The Kier molecular flexibility index (Phi) is 5.40. The van der Waals surface area contributed by atoms with Crippen LogP contribution >= 0.6 is 11.6 Å². The van der Waals surface area contributed by atoms with Crippen LogP contribution in [0, 0.1) is 12.8 Å². The van der Waals surface area contributed by atoms with Crippen LogP contribution in [0.25, 0.3) is 0 Å². The summed E-state index contributed by atoms with van der Waals surface area (Å²) < 4.78 is 0. The molecule has 4 heteroatoms. The van der Waals surface area contributed by atoms with Gasteiger partial charge in [0.1, 0.15) is 12.1 Å². The van der Waals surface area contributed by atoms with Crippen molar-refractivity contribution in [2.45, 2.75) is 26.7 Å². The standard InChI is InChI=1S/C11H18ClN3/c1-9(7-12)4-3-5-13-11-6-10(2)14-8-15-11/h6,8-9H,3-5,7H2,1-2H3,(H,13,14,15). The zero-order valence-electron chi connectivity index (χ0n) is 9.33. The predicted octanol–water partition coefficient (Wildman–Crippen LogP) is 2.85. The van der Waals surface area contributed by atoms with Gasteiger partial charge in [0.25, 0.3) is 0 Å². The lowest BCUT2D eigenvalue weighted by Crippen LogP contribution is -2.06. The van der Waals surface area contributed by atoms with Gasteiger partial charge in [0.15, 0.2) is 0 Å². The number of nitrogens with one attached hydrogen (secondary N) is 1. The van der Waals surface area contributed by atoms with E-state index in [0.717, 1.165) is 36.8 Å². The summed E-state index contributed by atoms with van der Waals surface area (Å²) in [6, 6.07) is 1.95. The molecule has 1 atom stereocenters. The van der Waals surface area contributed by atoms with Crippen molar-refractivity contribution in [2.75, 3.05) is 17.7 Å². The Labute approximate surface area is 96.3 Å². The maximum Gasteiger partial charge on any atom is 0.129 e. The van der Waals surface area contributed by atoms with E-state index in [2.05, 4.69) is 22.2 Å². The van der Waals surface area contributed by atoms with Crippen LogP contribution in [0.5, 0.6) is 0 Å². The van der Waals surface area contributed by atoms with Crippen LogP contribution in [0.4, 0.5) is 5.82 Å². The fraction of sp³-hybridized carbons (Fsp3) is 0.636. The number of aromatic nitrogens is 2. The lowest BCUT2D eigenvalue weighted by atomic mass is 10.1. The molecule has 0 amide bonds. The Hall–Kier alpha value is -0.830. The molecule has 0 spiro atoms. The van der Waals surface area contributed by atoms with Crippen LogP contribution in [0.2, 0.25) is 0 Å². The van der Waals surface area contributed by atoms with E-state index in [1.807, 2.05) is 13.0 Å². The molecule has 1 unspecified atom stereocenters. The number of alkyl halides is 1. The number of anilines is 1. The molecule has 0 aliphatic carbocycles. The molecule has 0 fully saturated rings. The van der Waals surface area contributed by atoms with Gasteiger partial charge in [0.05, 0.1) is 0 Å². The van der Waals surface area contributed by atoms with Crippen LogP contribution < -0.4 is 5.32 Å². The smallest absolute Gasteiger partial charge is 0.129 e. The molecule has 0 aliphatic rings. The van der Waals surface area contributed by atoms with E-state index in [0.29, 0.717) is 5.92 Å². The zero-order chi connectivity index (χ0) is 11.1. The summed E-state index contributed by atoms with van der Waals surface area (Å²) in [6.07, 6.45) is 3.86. The van der Waals surface area contributed by atoms with Gasteiger partial charge in [-0.1, -0.05) is 6.92 Å². The van der Waals surface area contributed by atoms with Crippen LogP contribution in [-0.2, 0) is 0 Å². The van der Waals surface area contributed by atoms with Crippen molar-refractivity contribution in [1.29, 1.82) is 0 Å². The third kappa shape index (κ3) is 4.98. The quantitative estimate of drug-likeness (QED) is 0.600. The first-order valence-electron chi connectivity index (χ1n) is 5.31. The van der Waals surface area contributed by atoms with Crippen molar-refractivity contribution in [1.82, 2.24) is 9.97 Å². The van der Waals surface area contributed by atoms with Gasteiger partial charge in [0.2, 0.25) is 0 Å². The first kappa shape index (κ1) is 12.2. The molecular formula is C11H18ClN3. The van der Waals surface area contributed by atoms with Crippen LogP contribution in [-0.4, -0.2) is 22.4 Å². The highest BCUT2D eigenvalue weighted by Gasteiger charge is 1.99. The van der Waals surface area contributed by atoms with E-state index in [1.54, 1.807) is 6.33 Å². The van der Waals surface area contributed by atoms with Gasteiger partial charge in [-0.3, -0.25) is 0 Å². The molecule has 1 aromatic heterocycles. The Morgan fingerprint density at radius 2 is 2.27 bits per heavy atom. The number of hydrogen-bond acceptors (Lipinski definition) is 3. The Balaban J connectivity index is 2.20. The number of halogens is 1. The fourth-order valence-corrected chi connectivity index (χ4v) is 1.45. The Morgan fingerprint density at radius 1 is 1.47 bits per heavy atom. The highest BCUT2D eigenvalue weighted by Crippen LogP contribution is 2.08. The van der Waals surface area contributed by atoms with E-state index in [-0.39, 0.29) is 0 Å². The molecule has 0 bridgehead atoms. The van der Waals surface area contributed by atoms with E-state index in [9.17, 15) is 0 Å². The first-order chi connectivity index (χ1) is 7.22. The molecule has 1 rings (SSSR count). The summed E-state index contributed by atoms with van der Waals surface area (Å²) in [5, 5.41) is 3.27. The molecule has 0 aromatic carbocycles. The number of hydrogen-bond donors (Lipinski definition) is 1. The minimum atomic E-state index is 0.598. The SMILES string of the molecule is Cc1cc(NCCCC(C)CCl)ncn1. The molecule has 3 nitrogen and oxygen atoms in total. The lowest BCUT2D eigenvalue weighted by molar-refractivity contribution is 0.572. The monoisotopic (exact) mass is 227 g/mol. The van der Waals surface area contributed by atoms with Gasteiger partial charge in [-0.05, 0) is 25.7 Å². The van der Waals surface area contributed by atoms with Gasteiger partial charge in [0, 0.05) is 24.2 Å². The van der Waals surface area contributed by atoms with Crippen LogP contribution in [0.3, 0.4) is 0 Å². The van der Waals surface area contributed by atoms with Gasteiger partial charge < -0.3 is 5.32 Å². The third-order valence-corrected chi connectivity index (χ3v) is 2.77. The average Bonchev–Trinajstić information content (AvgIpc) is 2.24. The second-order valence-corrected chi connectivity index (χ2v) is 4.18. The Morgan fingerprint density at radius 3 is 2.93 bits per heavy atom. The topological polar surface area (TPSA) is 37.8 Å². The second kappa shape index (κ2) is 6.62. The number of nitrogens with zero attached hydrogens (tertiary/aromatic N) is 2. The van der Waals surface area contributed by atoms with Crippen molar-refractivity contribution in [2.24, 2.45) is 5.92 Å². The largest absolute Gasteiger partial charge is 0.370 e. The van der Waals surface area contributed by atoms with Crippen LogP contribution in [0.15, 0.2) is 12.4 Å². The normalized spacial score (nSPS) is 12.5. The summed E-state index contributed by atoms with van der Waals surface area (Å²) in [7, 11) is 0. The van der Waals surface area contributed by atoms with Crippen molar-refractivity contribution in [3.05, 3.63) is 18.1 Å². The van der Waals surface area contributed by atoms with Crippen LogP contribution in [0.1, 0.15) is 25.5 Å². The molecular weight excluding hydrogens is 210 g/mol. The predicted molar refractivity (Wildman–Crippen MR) is 64.4 cm³/mol. The molecule has 0 saturated heterocycles. The van der Waals surface area contributed by atoms with Gasteiger partial charge in [-0.15, -0.1) is 11.6 Å². The van der Waals surface area contributed by atoms with E-state index in [1.165, 1.54) is 0 Å². The number of aryl methyl sites for hydroxylation is 1. The second-order valence-electron chi connectivity index (χ2n) is 3.87. The molecule has 0 radical (unpaired) electrons. The highest BCUT2D eigenvalue weighted by molar-refractivity contribution is 6.18. The van der Waals surface area contributed by atoms with Crippen molar-refractivity contribution in [3.8, 4) is 0 Å². The zero-order valence-corrected chi connectivity index (χ0v) is 10.1. The molecule has 84 valence electrons. The molecule has 1 N–H and O–H groups in total. The fourth-order valence-electron chi connectivity index (χ4n) is 1.30. The molecule has 1 aromatic rings. The lowest BCUT2D eigenvalue weighted by Gasteiger charge is -2.08. The molecule has 0 saturated carbocycles. The maximum absolute atomic E-state index is 5.73. The summed E-state index contributed by atoms with van der Waals surface area (Å²) in [5.74, 6) is 2.24. The van der Waals surface area contributed by atoms with Gasteiger partial charge >= 0.3 is 0 Å². The summed E-state index contributed by atoms with van der Waals surface area (Å²) in [5.41, 5.74) is 0.988. The molecule has 0 aliphatic heterocycles. The van der Waals surface area contributed by atoms with Gasteiger partial charge in [-0.25, -0.2) is 9.97 Å². The average molecular weight is 228 g/mol. The summed E-state index contributed by atoms with van der Waals surface area (Å²) in [6.45, 7) is 5.07. The summed E-state index contributed by atoms with van der Waals surface area (Å²) in [4.78, 5) is 8.17. The maximum atomic E-state index is 5.73. The molecule has 1 heterocycles. The van der Waals surface area contributed by atoms with E-state index < -0.39 is 0 Å². The van der Waals surface area contributed by atoms with E-state index >= 15 is 0 Å². The summed E-state index contributed by atoms with van der Waals surface area (Å²) >= 11 is 5.73. The van der Waals surface area contributed by atoms with E-state index in [4.69, 9.17) is 11.6 Å². The third-order valence-electron chi connectivity index (χ3n) is 2.25. The van der Waals surface area contributed by atoms with Crippen molar-refractivity contribution < 1.29 is 0 Å². The van der Waals surface area contributed by atoms with Gasteiger partial charge in [-0.2, -0.15) is 0 Å². The molecule has 15 heavy (non-hydrogen) atoms. The Bertz CT molecular complexity index is 291. The first-order valence-corrected chi connectivity index (χ1v) is 5.84. The minimum absolute atomic E-state index is 0.598. The number of rotatable bonds is 6. The minimum Gasteiger partial charge on any atom is -0.370 e. The van der Waals surface area contributed by atoms with Crippen molar-refractivity contribution in [3.63, 3.8) is 0 Å². The van der Waals surface area contributed by atoms with Crippen molar-refractivity contribution >= 4 is 17.4 Å².